The summed E-state index contributed by atoms with van der Waals surface area (Å²) in [6.45, 7) is 4.29. The van der Waals surface area contributed by atoms with Crippen LogP contribution < -0.4 is 15.0 Å². The Balaban J connectivity index is 1.35. The molecule has 1 saturated heterocycles. The number of rotatable bonds is 8. The van der Waals surface area contributed by atoms with Gasteiger partial charge >= 0.3 is 5.97 Å². The van der Waals surface area contributed by atoms with Gasteiger partial charge in [-0.3, -0.25) is 9.59 Å². The summed E-state index contributed by atoms with van der Waals surface area (Å²) in [6, 6.07) is 23.6. The van der Waals surface area contributed by atoms with Crippen molar-refractivity contribution in [1.29, 1.82) is 0 Å². The van der Waals surface area contributed by atoms with Crippen molar-refractivity contribution in [1.82, 2.24) is 4.90 Å². The van der Waals surface area contributed by atoms with E-state index in [1.165, 1.54) is 6.07 Å². The van der Waals surface area contributed by atoms with Crippen LogP contribution in [0.2, 0.25) is 0 Å². The largest absolute Gasteiger partial charge is 0.492 e. The first-order chi connectivity index (χ1) is 17.6. The highest BCUT2D eigenvalue weighted by Crippen LogP contribution is 2.23. The van der Waals surface area contributed by atoms with Gasteiger partial charge in [0.05, 0.1) is 23.4 Å². The summed E-state index contributed by atoms with van der Waals surface area (Å²) >= 11 is 0. The maximum Gasteiger partial charge on any atom is 0.339 e. The first-order valence-electron chi connectivity index (χ1n) is 11.9. The Labute approximate surface area is 210 Å². The zero-order chi connectivity index (χ0) is 25.3. The molecular weight excluding hydrogens is 458 g/mol. The first-order valence-corrected chi connectivity index (χ1v) is 11.9. The number of hydrogen-bond acceptors (Lipinski definition) is 6. The van der Waals surface area contributed by atoms with Crippen LogP contribution in [0.4, 0.5) is 11.4 Å². The Morgan fingerprint density at radius 2 is 1.44 bits per heavy atom. The number of ether oxygens (including phenoxy) is 2. The van der Waals surface area contributed by atoms with Crippen molar-refractivity contribution in [2.75, 3.05) is 49.6 Å². The average Bonchev–Trinajstić information content (AvgIpc) is 2.93. The smallest absolute Gasteiger partial charge is 0.339 e. The van der Waals surface area contributed by atoms with Gasteiger partial charge in [0.25, 0.3) is 11.8 Å². The zero-order valence-electron chi connectivity index (χ0n) is 20.2. The predicted octanol–water partition coefficient (Wildman–Crippen LogP) is 3.84. The minimum absolute atomic E-state index is 0.135. The second-order valence-electron chi connectivity index (χ2n) is 8.21. The first kappa shape index (κ1) is 24.8. The van der Waals surface area contributed by atoms with E-state index < -0.39 is 18.5 Å². The zero-order valence-corrected chi connectivity index (χ0v) is 20.2. The number of carbonyl (C=O) groups excluding carboxylic acids is 3. The molecule has 3 aromatic carbocycles. The minimum atomic E-state index is -0.727. The van der Waals surface area contributed by atoms with Crippen LogP contribution in [0, 0.1) is 0 Å². The van der Waals surface area contributed by atoms with Crippen molar-refractivity contribution in [2.24, 2.45) is 0 Å². The molecule has 0 aliphatic carbocycles. The highest BCUT2D eigenvalue weighted by molar-refractivity contribution is 6.06. The lowest BCUT2D eigenvalue weighted by atomic mass is 10.1. The fourth-order valence-corrected chi connectivity index (χ4v) is 4.07. The van der Waals surface area contributed by atoms with Gasteiger partial charge < -0.3 is 24.6 Å². The Morgan fingerprint density at radius 3 is 2.17 bits per heavy atom. The maximum atomic E-state index is 13.3. The molecule has 0 radical (unpaired) electrons. The molecule has 1 N–H and O–H groups in total. The predicted molar refractivity (Wildman–Crippen MR) is 138 cm³/mol. The van der Waals surface area contributed by atoms with Gasteiger partial charge in [-0.2, -0.15) is 0 Å². The second-order valence-corrected chi connectivity index (χ2v) is 8.21. The number of amides is 2. The highest BCUT2D eigenvalue weighted by atomic mass is 16.5. The SMILES string of the molecule is CCOc1ccccc1NC(=O)COC(=O)c1ccccc1C(=O)N1CCN(c2ccccc2)CC1. The molecule has 186 valence electrons. The van der Waals surface area contributed by atoms with E-state index in [1.54, 1.807) is 47.4 Å². The van der Waals surface area contributed by atoms with Crippen LogP contribution in [0.15, 0.2) is 78.9 Å². The molecule has 36 heavy (non-hydrogen) atoms. The molecule has 0 bridgehead atoms. The Hall–Kier alpha value is -4.33. The fraction of sp³-hybridized carbons (Fsp3) is 0.250. The van der Waals surface area contributed by atoms with E-state index in [0.717, 1.165) is 5.69 Å². The number of piperazine rings is 1. The van der Waals surface area contributed by atoms with Crippen molar-refractivity contribution in [3.05, 3.63) is 90.0 Å². The van der Waals surface area contributed by atoms with E-state index in [0.29, 0.717) is 44.2 Å². The van der Waals surface area contributed by atoms with Crippen molar-refractivity contribution in [2.45, 2.75) is 6.92 Å². The van der Waals surface area contributed by atoms with E-state index in [1.807, 2.05) is 37.3 Å². The number of para-hydroxylation sites is 3. The number of anilines is 2. The molecule has 0 atom stereocenters. The van der Waals surface area contributed by atoms with Crippen molar-refractivity contribution in [3.63, 3.8) is 0 Å². The van der Waals surface area contributed by atoms with Crippen molar-refractivity contribution < 1.29 is 23.9 Å². The lowest BCUT2D eigenvalue weighted by molar-refractivity contribution is -0.119. The molecule has 2 amide bonds. The molecule has 0 spiro atoms. The van der Waals surface area contributed by atoms with Crippen molar-refractivity contribution >= 4 is 29.2 Å². The molecule has 4 rings (SSSR count). The Morgan fingerprint density at radius 1 is 0.806 bits per heavy atom. The second kappa shape index (κ2) is 11.9. The molecule has 0 saturated carbocycles. The summed E-state index contributed by atoms with van der Waals surface area (Å²) in [7, 11) is 0. The molecule has 8 nitrogen and oxygen atoms in total. The summed E-state index contributed by atoms with van der Waals surface area (Å²) in [5, 5.41) is 2.69. The number of hydrogen-bond donors (Lipinski definition) is 1. The van der Waals surface area contributed by atoms with Gasteiger partial charge in [0.2, 0.25) is 0 Å². The lowest BCUT2D eigenvalue weighted by Gasteiger charge is -2.36. The third kappa shape index (κ3) is 6.02. The van der Waals surface area contributed by atoms with Crippen LogP contribution >= 0.6 is 0 Å². The van der Waals surface area contributed by atoms with E-state index in [2.05, 4.69) is 10.2 Å². The van der Waals surface area contributed by atoms with Gasteiger partial charge in [-0.25, -0.2) is 4.79 Å². The normalized spacial score (nSPS) is 13.1. The van der Waals surface area contributed by atoms with Gasteiger partial charge in [-0.05, 0) is 43.3 Å². The van der Waals surface area contributed by atoms with E-state index in [4.69, 9.17) is 9.47 Å². The van der Waals surface area contributed by atoms with Gasteiger partial charge in [-0.1, -0.05) is 42.5 Å². The number of nitrogens with zero attached hydrogens (tertiary/aromatic N) is 2. The van der Waals surface area contributed by atoms with Crippen LogP contribution in [0.5, 0.6) is 5.75 Å². The van der Waals surface area contributed by atoms with E-state index in [9.17, 15) is 14.4 Å². The number of carbonyl (C=O) groups is 3. The average molecular weight is 488 g/mol. The third-order valence-corrected chi connectivity index (χ3v) is 5.86. The highest BCUT2D eigenvalue weighted by Gasteiger charge is 2.26. The summed E-state index contributed by atoms with van der Waals surface area (Å²) in [5.41, 5.74) is 2.01. The van der Waals surface area contributed by atoms with E-state index >= 15 is 0 Å². The van der Waals surface area contributed by atoms with Gasteiger partial charge in [-0.15, -0.1) is 0 Å². The fourth-order valence-electron chi connectivity index (χ4n) is 4.07. The standard InChI is InChI=1S/C28H29N3O5/c1-2-35-25-15-9-8-14-24(25)29-26(32)20-36-28(34)23-13-7-6-12-22(23)27(33)31-18-16-30(17-19-31)21-10-4-3-5-11-21/h3-15H,2,16-20H2,1H3,(H,29,32). The minimum Gasteiger partial charge on any atom is -0.492 e. The van der Waals surface area contributed by atoms with Crippen LogP contribution in [-0.2, 0) is 9.53 Å². The molecule has 3 aromatic rings. The van der Waals surface area contributed by atoms with E-state index in [-0.39, 0.29) is 17.0 Å². The number of esters is 1. The molecule has 1 heterocycles. The molecule has 1 aliphatic heterocycles. The van der Waals surface area contributed by atoms with Crippen LogP contribution in [0.1, 0.15) is 27.6 Å². The summed E-state index contributed by atoms with van der Waals surface area (Å²) < 4.78 is 10.7. The molecule has 8 heteroatoms. The third-order valence-electron chi connectivity index (χ3n) is 5.86. The summed E-state index contributed by atoms with van der Waals surface area (Å²) in [5.74, 6) is -0.931. The Kier molecular flexibility index (Phi) is 8.18. The Bertz CT molecular complexity index is 1210. The number of benzene rings is 3. The molecule has 0 aromatic heterocycles. The molecule has 0 unspecified atom stereocenters. The van der Waals surface area contributed by atoms with Gasteiger partial charge in [0.1, 0.15) is 5.75 Å². The number of nitrogens with one attached hydrogen (secondary N) is 1. The molecule has 1 fully saturated rings. The molecular formula is C28H29N3O5. The van der Waals surface area contributed by atoms with Gasteiger partial charge in [0.15, 0.2) is 6.61 Å². The summed E-state index contributed by atoms with van der Waals surface area (Å²) in [6.07, 6.45) is 0. The van der Waals surface area contributed by atoms with Crippen LogP contribution in [0.3, 0.4) is 0 Å². The quantitative estimate of drug-likeness (QED) is 0.486. The topological polar surface area (TPSA) is 88.2 Å². The molecule has 1 aliphatic rings. The van der Waals surface area contributed by atoms with Crippen molar-refractivity contribution in [3.8, 4) is 5.75 Å². The van der Waals surface area contributed by atoms with Crippen LogP contribution in [-0.4, -0.2) is 62.1 Å². The summed E-state index contributed by atoms with van der Waals surface area (Å²) in [4.78, 5) is 42.4. The van der Waals surface area contributed by atoms with Gasteiger partial charge in [0, 0.05) is 31.9 Å². The lowest BCUT2D eigenvalue weighted by Crippen LogP contribution is -2.49. The monoisotopic (exact) mass is 487 g/mol. The maximum absolute atomic E-state index is 13.3. The van der Waals surface area contributed by atoms with Crippen LogP contribution in [0.25, 0.3) is 0 Å².